The predicted molar refractivity (Wildman–Crippen MR) is 56.8 cm³/mol. The molecule has 88 valence electrons. The second kappa shape index (κ2) is 4.23. The molecular formula is C10H15N3O3. The summed E-state index contributed by atoms with van der Waals surface area (Å²) in [6.45, 7) is 4.63. The molecule has 2 rings (SSSR count). The second-order valence-corrected chi connectivity index (χ2v) is 4.04. The lowest BCUT2D eigenvalue weighted by atomic mass is 10.4. The third kappa shape index (κ3) is 2.80. The molecule has 2 N–H and O–H groups in total. The van der Waals surface area contributed by atoms with Gasteiger partial charge >= 0.3 is 0 Å². The first-order valence-corrected chi connectivity index (χ1v) is 5.07. The second-order valence-electron chi connectivity index (χ2n) is 4.04. The third-order valence-electron chi connectivity index (χ3n) is 2.12. The monoisotopic (exact) mass is 225 g/mol. The highest BCUT2D eigenvalue weighted by Crippen LogP contribution is 2.22. The lowest BCUT2D eigenvalue weighted by Crippen LogP contribution is -2.25. The molecule has 1 atom stereocenters. The summed E-state index contributed by atoms with van der Waals surface area (Å²) in [5.41, 5.74) is 5.48. The molecule has 0 unspecified atom stereocenters. The zero-order valence-corrected chi connectivity index (χ0v) is 9.34. The van der Waals surface area contributed by atoms with Gasteiger partial charge in [-0.05, 0) is 13.8 Å². The molecular weight excluding hydrogens is 210 g/mol. The molecule has 0 radical (unpaired) electrons. The number of hydrogen-bond donors (Lipinski definition) is 1. The summed E-state index contributed by atoms with van der Waals surface area (Å²) in [4.78, 5) is 7.84. The minimum atomic E-state index is -0.532. The molecule has 0 spiro atoms. The minimum Gasteiger partial charge on any atom is -0.474 e. The number of nitrogens with two attached hydrogens (primary N) is 1. The lowest BCUT2D eigenvalue weighted by molar-refractivity contribution is -0.141. The van der Waals surface area contributed by atoms with Gasteiger partial charge in [-0.3, -0.25) is 4.98 Å². The molecule has 2 heterocycles. The fraction of sp³-hybridized carbons (Fsp3) is 0.600. The fourth-order valence-electron chi connectivity index (χ4n) is 1.46. The Balaban J connectivity index is 1.84. The first-order chi connectivity index (χ1) is 7.55. The van der Waals surface area contributed by atoms with E-state index in [-0.39, 0.29) is 6.10 Å². The number of nitrogen functional groups attached to an aromatic ring is 1. The summed E-state index contributed by atoms with van der Waals surface area (Å²) >= 11 is 0. The van der Waals surface area contributed by atoms with Crippen molar-refractivity contribution in [2.24, 2.45) is 0 Å². The molecule has 1 aliphatic rings. The van der Waals surface area contributed by atoms with Gasteiger partial charge in [0.25, 0.3) is 0 Å². The summed E-state index contributed by atoms with van der Waals surface area (Å²) in [6.07, 6.45) is 2.89. The van der Waals surface area contributed by atoms with Crippen LogP contribution in [0.5, 0.6) is 5.88 Å². The Morgan fingerprint density at radius 2 is 2.38 bits per heavy atom. The summed E-state index contributed by atoms with van der Waals surface area (Å²) in [6, 6.07) is 0. The molecule has 1 fully saturated rings. The number of nitrogens with zero attached hydrogens (tertiary/aromatic N) is 2. The van der Waals surface area contributed by atoms with Gasteiger partial charge in [-0.15, -0.1) is 0 Å². The first-order valence-electron chi connectivity index (χ1n) is 5.07. The zero-order chi connectivity index (χ0) is 11.6. The van der Waals surface area contributed by atoms with Gasteiger partial charge in [0.05, 0.1) is 19.0 Å². The highest BCUT2D eigenvalue weighted by molar-refractivity contribution is 5.25. The van der Waals surface area contributed by atoms with E-state index in [1.54, 1.807) is 0 Å². The van der Waals surface area contributed by atoms with Crippen molar-refractivity contribution in [1.29, 1.82) is 0 Å². The Kier molecular flexibility index (Phi) is 2.93. The highest BCUT2D eigenvalue weighted by Gasteiger charge is 2.32. The third-order valence-corrected chi connectivity index (χ3v) is 2.12. The normalized spacial score (nSPS) is 23.2. The first kappa shape index (κ1) is 11.1. The zero-order valence-electron chi connectivity index (χ0n) is 9.34. The lowest BCUT2D eigenvalue weighted by Gasteiger charge is -2.17. The van der Waals surface area contributed by atoms with E-state index in [0.717, 1.165) is 0 Å². The quantitative estimate of drug-likeness (QED) is 0.811. The highest BCUT2D eigenvalue weighted by atomic mass is 16.7. The van der Waals surface area contributed by atoms with Crippen LogP contribution in [0.4, 0.5) is 5.82 Å². The van der Waals surface area contributed by atoms with Gasteiger partial charge < -0.3 is 19.9 Å². The standard InChI is InChI=1S/C10H15N3O3/c1-10(2)15-6-7(16-10)5-14-9-4-12-3-8(11)13-9/h3-4,7H,5-6H2,1-2H3,(H2,11,13)/t7-/m1/s1. The van der Waals surface area contributed by atoms with Crippen molar-refractivity contribution in [2.45, 2.75) is 25.7 Å². The van der Waals surface area contributed by atoms with Crippen molar-refractivity contribution in [3.63, 3.8) is 0 Å². The molecule has 1 aromatic rings. The van der Waals surface area contributed by atoms with E-state index in [1.807, 2.05) is 13.8 Å². The van der Waals surface area contributed by atoms with Crippen LogP contribution in [0.3, 0.4) is 0 Å². The van der Waals surface area contributed by atoms with Crippen molar-refractivity contribution in [1.82, 2.24) is 9.97 Å². The molecule has 6 nitrogen and oxygen atoms in total. The number of aromatic nitrogens is 2. The van der Waals surface area contributed by atoms with Crippen LogP contribution in [0.25, 0.3) is 0 Å². The maximum Gasteiger partial charge on any atom is 0.234 e. The maximum absolute atomic E-state index is 5.57. The Labute approximate surface area is 93.7 Å². The van der Waals surface area contributed by atoms with E-state index in [4.69, 9.17) is 19.9 Å². The van der Waals surface area contributed by atoms with E-state index in [9.17, 15) is 0 Å². The van der Waals surface area contributed by atoms with Gasteiger partial charge in [-0.2, -0.15) is 4.98 Å². The van der Waals surface area contributed by atoms with E-state index in [2.05, 4.69) is 9.97 Å². The Morgan fingerprint density at radius 3 is 3.00 bits per heavy atom. The molecule has 0 amide bonds. The van der Waals surface area contributed by atoms with E-state index in [1.165, 1.54) is 12.4 Å². The summed E-state index contributed by atoms with van der Waals surface area (Å²) in [5, 5.41) is 0. The van der Waals surface area contributed by atoms with Gasteiger partial charge in [0.2, 0.25) is 5.88 Å². The Hall–Kier alpha value is -1.40. The van der Waals surface area contributed by atoms with Gasteiger partial charge in [-0.25, -0.2) is 0 Å². The average molecular weight is 225 g/mol. The smallest absolute Gasteiger partial charge is 0.234 e. The summed E-state index contributed by atoms with van der Waals surface area (Å²) in [7, 11) is 0. The molecule has 1 aliphatic heterocycles. The molecule has 0 aliphatic carbocycles. The minimum absolute atomic E-state index is 0.0850. The van der Waals surface area contributed by atoms with E-state index >= 15 is 0 Å². The Morgan fingerprint density at radius 1 is 1.56 bits per heavy atom. The van der Waals surface area contributed by atoms with Crippen LogP contribution >= 0.6 is 0 Å². The van der Waals surface area contributed by atoms with E-state index < -0.39 is 5.79 Å². The van der Waals surface area contributed by atoms with Crippen molar-refractivity contribution in [3.8, 4) is 5.88 Å². The fourth-order valence-corrected chi connectivity index (χ4v) is 1.46. The molecule has 0 saturated carbocycles. The topological polar surface area (TPSA) is 79.5 Å². The number of ether oxygens (including phenoxy) is 3. The van der Waals surface area contributed by atoms with Gasteiger partial charge in [-0.1, -0.05) is 0 Å². The van der Waals surface area contributed by atoms with Gasteiger partial charge in [0.15, 0.2) is 5.79 Å². The van der Waals surface area contributed by atoms with Gasteiger partial charge in [0.1, 0.15) is 18.5 Å². The van der Waals surface area contributed by atoms with E-state index in [0.29, 0.717) is 24.9 Å². The summed E-state index contributed by atoms with van der Waals surface area (Å²) in [5.74, 6) is 0.199. The van der Waals surface area contributed by atoms with Crippen molar-refractivity contribution in [2.75, 3.05) is 18.9 Å². The van der Waals surface area contributed by atoms with Crippen LogP contribution < -0.4 is 10.5 Å². The summed E-state index contributed by atoms with van der Waals surface area (Å²) < 4.78 is 16.4. The van der Waals surface area contributed by atoms with Gasteiger partial charge in [0, 0.05) is 0 Å². The Bertz CT molecular complexity index is 370. The molecule has 1 aromatic heterocycles. The molecule has 0 bridgehead atoms. The molecule has 6 heteroatoms. The van der Waals surface area contributed by atoms with Crippen LogP contribution in [-0.2, 0) is 9.47 Å². The average Bonchev–Trinajstić information content (AvgIpc) is 2.56. The molecule has 0 aromatic carbocycles. The van der Waals surface area contributed by atoms with Crippen LogP contribution in [0.2, 0.25) is 0 Å². The van der Waals surface area contributed by atoms with Crippen LogP contribution in [-0.4, -0.2) is 35.1 Å². The molecule has 1 saturated heterocycles. The van der Waals surface area contributed by atoms with Crippen LogP contribution in [0, 0.1) is 0 Å². The van der Waals surface area contributed by atoms with Crippen molar-refractivity contribution >= 4 is 5.82 Å². The maximum atomic E-state index is 5.57. The number of rotatable bonds is 3. The van der Waals surface area contributed by atoms with Crippen molar-refractivity contribution < 1.29 is 14.2 Å². The molecule has 16 heavy (non-hydrogen) atoms. The number of anilines is 1. The largest absolute Gasteiger partial charge is 0.474 e. The number of hydrogen-bond acceptors (Lipinski definition) is 6. The van der Waals surface area contributed by atoms with Crippen LogP contribution in [0.1, 0.15) is 13.8 Å². The van der Waals surface area contributed by atoms with Crippen LogP contribution in [0.15, 0.2) is 12.4 Å². The SMILES string of the molecule is CC1(C)OC[C@@H](COc2cncc(N)n2)O1. The van der Waals surface area contributed by atoms with Crippen molar-refractivity contribution in [3.05, 3.63) is 12.4 Å². The predicted octanol–water partition coefficient (Wildman–Crippen LogP) is 0.589.